The predicted octanol–water partition coefficient (Wildman–Crippen LogP) is 2.38. The summed E-state index contributed by atoms with van der Waals surface area (Å²) in [6, 6.07) is 1.30. The van der Waals surface area contributed by atoms with Gasteiger partial charge < -0.3 is 9.84 Å². The van der Waals surface area contributed by atoms with Crippen LogP contribution >= 0.6 is 0 Å². The van der Waals surface area contributed by atoms with Crippen LogP contribution < -0.4 is 5.32 Å². The van der Waals surface area contributed by atoms with Gasteiger partial charge in [0.15, 0.2) is 0 Å². The first-order valence-corrected chi connectivity index (χ1v) is 5.28. The van der Waals surface area contributed by atoms with E-state index in [1.165, 1.54) is 6.07 Å². The third-order valence-corrected chi connectivity index (χ3v) is 2.08. The number of nitrogens with one attached hydrogen (secondary N) is 1. The van der Waals surface area contributed by atoms with Gasteiger partial charge in [-0.15, -0.1) is 0 Å². The second kappa shape index (κ2) is 5.43. The number of nitrogens with zero attached hydrogens (tertiary/aromatic N) is 4. The third kappa shape index (κ3) is 3.90. The molecule has 0 aliphatic heterocycles. The average Bonchev–Trinajstić information content (AvgIpc) is 2.92. The fourth-order valence-electron chi connectivity index (χ4n) is 1.32. The molecule has 0 unspecified atom stereocenters. The molecular weight excluding hydrogens is 289 g/mol. The number of halogens is 5. The SMILES string of the molecule is FC(F)c1noc(CNc2ccn(CC(F)(F)F)n2)n1. The van der Waals surface area contributed by atoms with Gasteiger partial charge in [-0.05, 0) is 0 Å². The van der Waals surface area contributed by atoms with Crippen molar-refractivity contribution in [2.24, 2.45) is 0 Å². The van der Waals surface area contributed by atoms with Gasteiger partial charge in [-0.2, -0.15) is 23.3 Å². The highest BCUT2D eigenvalue weighted by Crippen LogP contribution is 2.18. The molecule has 6 nitrogen and oxygen atoms in total. The van der Waals surface area contributed by atoms with E-state index in [4.69, 9.17) is 0 Å². The topological polar surface area (TPSA) is 68.8 Å². The molecule has 0 radical (unpaired) electrons. The van der Waals surface area contributed by atoms with Gasteiger partial charge in [0.05, 0.1) is 6.54 Å². The number of aromatic nitrogens is 4. The van der Waals surface area contributed by atoms with Crippen molar-refractivity contribution < 1.29 is 26.5 Å². The molecule has 0 bridgehead atoms. The Balaban J connectivity index is 1.90. The zero-order valence-electron chi connectivity index (χ0n) is 9.73. The van der Waals surface area contributed by atoms with Crippen LogP contribution in [-0.4, -0.2) is 26.1 Å². The molecule has 2 heterocycles. The molecule has 0 amide bonds. The van der Waals surface area contributed by atoms with E-state index < -0.39 is 25.0 Å². The molecule has 11 heteroatoms. The summed E-state index contributed by atoms with van der Waals surface area (Å²) in [5, 5.41) is 9.21. The second-order valence-electron chi connectivity index (χ2n) is 3.71. The molecule has 0 aromatic carbocycles. The van der Waals surface area contributed by atoms with Crippen molar-refractivity contribution in [2.75, 3.05) is 5.32 Å². The second-order valence-corrected chi connectivity index (χ2v) is 3.71. The van der Waals surface area contributed by atoms with Gasteiger partial charge >= 0.3 is 12.6 Å². The monoisotopic (exact) mass is 297 g/mol. The van der Waals surface area contributed by atoms with Crippen molar-refractivity contribution in [1.82, 2.24) is 19.9 Å². The highest BCUT2D eigenvalue weighted by atomic mass is 19.4. The van der Waals surface area contributed by atoms with Crippen molar-refractivity contribution in [3.05, 3.63) is 24.0 Å². The molecule has 0 saturated carbocycles. The van der Waals surface area contributed by atoms with Crippen LogP contribution in [0.2, 0.25) is 0 Å². The fraction of sp³-hybridized carbons (Fsp3) is 0.444. The molecule has 2 rings (SSSR count). The third-order valence-electron chi connectivity index (χ3n) is 2.08. The van der Waals surface area contributed by atoms with Gasteiger partial charge in [-0.25, -0.2) is 8.78 Å². The van der Waals surface area contributed by atoms with E-state index >= 15 is 0 Å². The molecule has 2 aromatic rings. The molecule has 0 atom stereocenters. The summed E-state index contributed by atoms with van der Waals surface area (Å²) >= 11 is 0. The Hall–Kier alpha value is -2.20. The van der Waals surface area contributed by atoms with Gasteiger partial charge in [-0.3, -0.25) is 4.68 Å². The van der Waals surface area contributed by atoms with Crippen molar-refractivity contribution in [2.45, 2.75) is 25.7 Å². The van der Waals surface area contributed by atoms with Crippen LogP contribution in [0, 0.1) is 0 Å². The molecule has 0 spiro atoms. The van der Waals surface area contributed by atoms with Gasteiger partial charge in [0, 0.05) is 12.3 Å². The average molecular weight is 297 g/mol. The molecule has 0 aliphatic carbocycles. The van der Waals surface area contributed by atoms with Crippen molar-refractivity contribution in [3.63, 3.8) is 0 Å². The van der Waals surface area contributed by atoms with Crippen LogP contribution in [0.25, 0.3) is 0 Å². The molecule has 2 aromatic heterocycles. The minimum absolute atomic E-state index is 0.120. The normalized spacial score (nSPS) is 12.1. The van der Waals surface area contributed by atoms with E-state index in [-0.39, 0.29) is 18.3 Å². The largest absolute Gasteiger partial charge is 0.408 e. The Morgan fingerprint density at radius 1 is 1.35 bits per heavy atom. The van der Waals surface area contributed by atoms with E-state index in [2.05, 4.69) is 25.1 Å². The number of hydrogen-bond acceptors (Lipinski definition) is 5. The highest BCUT2D eigenvalue weighted by molar-refractivity contribution is 5.32. The van der Waals surface area contributed by atoms with E-state index in [0.29, 0.717) is 4.68 Å². The molecular formula is C9H8F5N5O. The summed E-state index contributed by atoms with van der Waals surface area (Å²) < 4.78 is 65.8. The molecule has 110 valence electrons. The Labute approximate surface area is 108 Å². The summed E-state index contributed by atoms with van der Waals surface area (Å²) in [5.74, 6) is -0.735. The molecule has 0 fully saturated rings. The summed E-state index contributed by atoms with van der Waals surface area (Å²) in [5.41, 5.74) is 0. The van der Waals surface area contributed by atoms with Gasteiger partial charge in [0.1, 0.15) is 12.4 Å². The van der Waals surface area contributed by atoms with E-state index in [1.807, 2.05) is 0 Å². The predicted molar refractivity (Wildman–Crippen MR) is 54.9 cm³/mol. The maximum absolute atomic E-state index is 12.2. The Bertz CT molecular complexity index is 563. The maximum Gasteiger partial charge on any atom is 0.408 e. The summed E-state index contributed by atoms with van der Waals surface area (Å²) in [7, 11) is 0. The van der Waals surface area contributed by atoms with E-state index in [1.54, 1.807) is 0 Å². The van der Waals surface area contributed by atoms with Gasteiger partial charge in [0.2, 0.25) is 11.7 Å². The lowest BCUT2D eigenvalue weighted by Gasteiger charge is -2.05. The number of alkyl halides is 5. The summed E-state index contributed by atoms with van der Waals surface area (Å²) in [6.45, 7) is -1.34. The van der Waals surface area contributed by atoms with Crippen LogP contribution in [-0.2, 0) is 13.1 Å². The molecule has 0 saturated heterocycles. The number of hydrogen-bond donors (Lipinski definition) is 1. The Morgan fingerprint density at radius 3 is 2.70 bits per heavy atom. The molecule has 1 N–H and O–H groups in total. The van der Waals surface area contributed by atoms with Crippen LogP contribution in [0.4, 0.5) is 27.8 Å². The summed E-state index contributed by atoms with van der Waals surface area (Å²) in [4.78, 5) is 3.39. The van der Waals surface area contributed by atoms with Crippen molar-refractivity contribution in [3.8, 4) is 0 Å². The van der Waals surface area contributed by atoms with Crippen molar-refractivity contribution >= 4 is 5.82 Å². The van der Waals surface area contributed by atoms with Crippen LogP contribution in [0.5, 0.6) is 0 Å². The van der Waals surface area contributed by atoms with Gasteiger partial charge in [-0.1, -0.05) is 5.16 Å². The lowest BCUT2D eigenvalue weighted by Crippen LogP contribution is -2.18. The first kappa shape index (κ1) is 14.2. The smallest absolute Gasteiger partial charge is 0.360 e. The van der Waals surface area contributed by atoms with E-state index in [0.717, 1.165) is 6.20 Å². The quantitative estimate of drug-likeness (QED) is 0.858. The number of rotatable bonds is 5. The first-order chi connectivity index (χ1) is 9.33. The van der Waals surface area contributed by atoms with Crippen LogP contribution in [0.1, 0.15) is 18.1 Å². The van der Waals surface area contributed by atoms with Crippen LogP contribution in [0.15, 0.2) is 16.8 Å². The summed E-state index contributed by atoms with van der Waals surface area (Å²) in [6.07, 6.45) is -6.09. The minimum Gasteiger partial charge on any atom is -0.360 e. The van der Waals surface area contributed by atoms with E-state index in [9.17, 15) is 22.0 Å². The lowest BCUT2D eigenvalue weighted by molar-refractivity contribution is -0.142. The lowest BCUT2D eigenvalue weighted by atomic mass is 10.5. The zero-order valence-corrected chi connectivity index (χ0v) is 9.73. The Morgan fingerprint density at radius 2 is 2.10 bits per heavy atom. The van der Waals surface area contributed by atoms with Crippen molar-refractivity contribution in [1.29, 1.82) is 0 Å². The highest BCUT2D eigenvalue weighted by Gasteiger charge is 2.28. The molecule has 20 heavy (non-hydrogen) atoms. The standard InChI is InChI=1S/C9H8F5N5O/c10-7(11)8-16-6(20-18-8)3-15-5-1-2-19(17-5)4-9(12,13)14/h1-2,7H,3-4H2,(H,15,17). The Kier molecular flexibility index (Phi) is 3.86. The van der Waals surface area contributed by atoms with Crippen LogP contribution in [0.3, 0.4) is 0 Å². The van der Waals surface area contributed by atoms with Gasteiger partial charge in [0.25, 0.3) is 0 Å². The maximum atomic E-state index is 12.2. The zero-order chi connectivity index (χ0) is 14.8. The minimum atomic E-state index is -4.37. The fourth-order valence-corrected chi connectivity index (χ4v) is 1.32. The number of anilines is 1. The molecule has 0 aliphatic rings. The first-order valence-electron chi connectivity index (χ1n) is 5.28.